The Hall–Kier alpha value is -1.95. The lowest BCUT2D eigenvalue weighted by Crippen LogP contribution is -2.47. The molecule has 2 fully saturated rings. The zero-order valence-electron chi connectivity index (χ0n) is 13.2. The van der Waals surface area contributed by atoms with E-state index >= 15 is 0 Å². The van der Waals surface area contributed by atoms with Crippen LogP contribution >= 0.6 is 0 Å². The van der Waals surface area contributed by atoms with Gasteiger partial charge in [0.25, 0.3) is 5.69 Å². The van der Waals surface area contributed by atoms with Gasteiger partial charge in [0.1, 0.15) is 0 Å². The molecule has 0 radical (unpaired) electrons. The number of non-ortho nitro benzene ring substituents is 1. The maximum absolute atomic E-state index is 11.0. The van der Waals surface area contributed by atoms with E-state index in [2.05, 4.69) is 10.00 Å². The maximum atomic E-state index is 11.0. The molecule has 6 nitrogen and oxygen atoms in total. The molecular formula is C17H22N4O2. The molecule has 2 aliphatic rings. The molecule has 122 valence electrons. The fraction of sp³-hybridized carbons (Fsp3) is 0.588. The van der Waals surface area contributed by atoms with Crippen molar-refractivity contribution >= 4 is 16.6 Å². The topological polar surface area (TPSA) is 64.2 Å². The number of hydrogen-bond acceptors (Lipinski definition) is 4. The minimum Gasteiger partial charge on any atom is -0.281 e. The van der Waals surface area contributed by atoms with Crippen molar-refractivity contribution in [1.82, 2.24) is 14.7 Å². The molecule has 1 aliphatic heterocycles. The Morgan fingerprint density at radius 1 is 1.22 bits per heavy atom. The Labute approximate surface area is 135 Å². The largest absolute Gasteiger partial charge is 0.281 e. The Morgan fingerprint density at radius 2 is 2.04 bits per heavy atom. The van der Waals surface area contributed by atoms with E-state index in [1.165, 1.54) is 38.5 Å². The molecule has 23 heavy (non-hydrogen) atoms. The molecule has 0 amide bonds. The lowest BCUT2D eigenvalue weighted by Gasteiger charge is -2.44. The van der Waals surface area contributed by atoms with Gasteiger partial charge >= 0.3 is 0 Å². The summed E-state index contributed by atoms with van der Waals surface area (Å²) in [5.74, 6) is 0.827. The number of nitrogens with zero attached hydrogens (tertiary/aromatic N) is 4. The zero-order chi connectivity index (χ0) is 15.8. The molecule has 1 saturated heterocycles. The zero-order valence-corrected chi connectivity index (χ0v) is 13.2. The number of piperidine rings is 1. The molecule has 0 bridgehead atoms. The van der Waals surface area contributed by atoms with Crippen LogP contribution in [0.25, 0.3) is 10.9 Å². The highest BCUT2D eigenvalue weighted by Crippen LogP contribution is 2.35. The molecule has 1 aromatic carbocycles. The summed E-state index contributed by atoms with van der Waals surface area (Å²) in [5.41, 5.74) is 0.991. The molecule has 2 heterocycles. The van der Waals surface area contributed by atoms with Gasteiger partial charge in [0.15, 0.2) is 0 Å². The first kappa shape index (κ1) is 14.6. The number of likely N-dealkylation sites (tertiary alicyclic amines) is 1. The van der Waals surface area contributed by atoms with Gasteiger partial charge in [0, 0.05) is 30.1 Å². The number of fused-ring (bicyclic) bond motifs is 2. The van der Waals surface area contributed by atoms with Crippen LogP contribution < -0.4 is 0 Å². The number of benzene rings is 1. The highest BCUT2D eigenvalue weighted by Gasteiger charge is 2.33. The molecule has 0 spiro atoms. The number of aromatic nitrogens is 2. The van der Waals surface area contributed by atoms with Crippen LogP contribution in [0.2, 0.25) is 0 Å². The van der Waals surface area contributed by atoms with Crippen LogP contribution in [0.5, 0.6) is 0 Å². The summed E-state index contributed by atoms with van der Waals surface area (Å²) in [5, 5.41) is 16.5. The van der Waals surface area contributed by atoms with Gasteiger partial charge in [-0.3, -0.25) is 19.7 Å². The van der Waals surface area contributed by atoms with Crippen molar-refractivity contribution in [1.29, 1.82) is 0 Å². The van der Waals surface area contributed by atoms with Gasteiger partial charge in [0.2, 0.25) is 0 Å². The molecule has 4 rings (SSSR count). The fourth-order valence-electron chi connectivity index (χ4n) is 4.36. The van der Waals surface area contributed by atoms with Gasteiger partial charge in [-0.2, -0.15) is 5.10 Å². The average Bonchev–Trinajstić information content (AvgIpc) is 2.97. The van der Waals surface area contributed by atoms with E-state index in [-0.39, 0.29) is 10.6 Å². The van der Waals surface area contributed by atoms with Crippen LogP contribution in [0.4, 0.5) is 5.69 Å². The first-order valence-electron chi connectivity index (χ1n) is 8.56. The summed E-state index contributed by atoms with van der Waals surface area (Å²) in [6.45, 7) is 1.85. The van der Waals surface area contributed by atoms with E-state index < -0.39 is 0 Å². The highest BCUT2D eigenvalue weighted by molar-refractivity contribution is 5.80. The minimum absolute atomic E-state index is 0.133. The molecule has 2 atom stereocenters. The van der Waals surface area contributed by atoms with E-state index in [1.54, 1.807) is 24.4 Å². The second-order valence-corrected chi connectivity index (χ2v) is 6.85. The van der Waals surface area contributed by atoms with Crippen LogP contribution in [-0.2, 0) is 6.67 Å². The standard InChI is InChI=1S/C17H22N4O2/c22-21(23)15-8-7-14-11-18-20(17(14)10-15)12-19-9-3-5-13-4-1-2-6-16(13)19/h7-8,10-11,13,16H,1-6,9,12H2. The lowest BCUT2D eigenvalue weighted by atomic mass is 9.78. The van der Waals surface area contributed by atoms with Crippen molar-refractivity contribution < 1.29 is 4.92 Å². The van der Waals surface area contributed by atoms with Crippen molar-refractivity contribution in [3.8, 4) is 0 Å². The molecule has 6 heteroatoms. The van der Waals surface area contributed by atoms with Gasteiger partial charge in [-0.05, 0) is 37.7 Å². The second kappa shape index (κ2) is 5.92. The van der Waals surface area contributed by atoms with Gasteiger partial charge in [-0.25, -0.2) is 0 Å². The molecule has 2 unspecified atom stereocenters. The normalized spacial score (nSPS) is 25.4. The van der Waals surface area contributed by atoms with Gasteiger partial charge in [-0.1, -0.05) is 12.8 Å². The van der Waals surface area contributed by atoms with Crippen LogP contribution in [0, 0.1) is 16.0 Å². The van der Waals surface area contributed by atoms with Crippen LogP contribution in [-0.4, -0.2) is 32.2 Å². The average molecular weight is 314 g/mol. The third-order valence-corrected chi connectivity index (χ3v) is 5.51. The lowest BCUT2D eigenvalue weighted by molar-refractivity contribution is -0.384. The molecule has 1 saturated carbocycles. The maximum Gasteiger partial charge on any atom is 0.271 e. The predicted molar refractivity (Wildman–Crippen MR) is 88.1 cm³/mol. The van der Waals surface area contributed by atoms with Crippen molar-refractivity contribution in [2.24, 2.45) is 5.92 Å². The number of hydrogen-bond donors (Lipinski definition) is 0. The second-order valence-electron chi connectivity index (χ2n) is 6.85. The Balaban J connectivity index is 1.61. The fourth-order valence-corrected chi connectivity index (χ4v) is 4.36. The highest BCUT2D eigenvalue weighted by atomic mass is 16.6. The molecule has 1 aliphatic carbocycles. The molecule has 2 aromatic rings. The minimum atomic E-state index is -0.338. The van der Waals surface area contributed by atoms with Crippen molar-refractivity contribution in [3.63, 3.8) is 0 Å². The van der Waals surface area contributed by atoms with Gasteiger partial charge < -0.3 is 0 Å². The third-order valence-electron chi connectivity index (χ3n) is 5.51. The number of nitro groups is 1. The van der Waals surface area contributed by atoms with E-state index in [4.69, 9.17) is 0 Å². The van der Waals surface area contributed by atoms with Crippen LogP contribution in [0.1, 0.15) is 38.5 Å². The summed E-state index contributed by atoms with van der Waals surface area (Å²) in [6.07, 6.45) is 9.74. The monoisotopic (exact) mass is 314 g/mol. The van der Waals surface area contributed by atoms with E-state index in [9.17, 15) is 10.1 Å². The Kier molecular flexibility index (Phi) is 3.77. The van der Waals surface area contributed by atoms with Crippen molar-refractivity contribution in [3.05, 3.63) is 34.5 Å². The summed E-state index contributed by atoms with van der Waals surface area (Å²) >= 11 is 0. The first-order chi connectivity index (χ1) is 11.2. The molecule has 1 aromatic heterocycles. The number of nitro benzene ring substituents is 1. The summed E-state index contributed by atoms with van der Waals surface area (Å²) in [4.78, 5) is 13.2. The van der Waals surface area contributed by atoms with E-state index in [0.29, 0.717) is 6.04 Å². The quantitative estimate of drug-likeness (QED) is 0.642. The van der Waals surface area contributed by atoms with Gasteiger partial charge in [-0.15, -0.1) is 0 Å². The van der Waals surface area contributed by atoms with Crippen molar-refractivity contribution in [2.45, 2.75) is 51.2 Å². The number of rotatable bonds is 3. The Morgan fingerprint density at radius 3 is 2.91 bits per heavy atom. The van der Waals surface area contributed by atoms with E-state index in [1.807, 2.05) is 4.68 Å². The summed E-state index contributed by atoms with van der Waals surface area (Å²) < 4.78 is 1.93. The summed E-state index contributed by atoms with van der Waals surface area (Å²) in [7, 11) is 0. The first-order valence-corrected chi connectivity index (χ1v) is 8.56. The molecular weight excluding hydrogens is 292 g/mol. The molecule has 0 N–H and O–H groups in total. The van der Waals surface area contributed by atoms with E-state index in [0.717, 1.165) is 30.0 Å². The van der Waals surface area contributed by atoms with Crippen LogP contribution in [0.15, 0.2) is 24.4 Å². The summed E-state index contributed by atoms with van der Waals surface area (Å²) in [6, 6.07) is 5.64. The van der Waals surface area contributed by atoms with Crippen LogP contribution in [0.3, 0.4) is 0 Å². The van der Waals surface area contributed by atoms with Gasteiger partial charge in [0.05, 0.1) is 23.3 Å². The SMILES string of the molecule is O=[N+]([O-])c1ccc2cnn(CN3CCCC4CCCCC43)c2c1. The Bertz CT molecular complexity index is 724. The third kappa shape index (κ3) is 2.72. The smallest absolute Gasteiger partial charge is 0.271 e. The predicted octanol–water partition coefficient (Wildman–Crippen LogP) is 3.56. The van der Waals surface area contributed by atoms with Crippen molar-refractivity contribution in [2.75, 3.05) is 6.54 Å².